The van der Waals surface area contributed by atoms with Crippen LogP contribution in [0, 0.1) is 5.82 Å². The van der Waals surface area contributed by atoms with Crippen LogP contribution < -0.4 is 4.72 Å². The van der Waals surface area contributed by atoms with Crippen molar-refractivity contribution in [1.29, 1.82) is 0 Å². The first kappa shape index (κ1) is 21.9. The minimum Gasteiger partial charge on any atom is -0.507 e. The Morgan fingerprint density at radius 1 is 1.18 bits per heavy atom. The topological polar surface area (TPSA) is 83.5 Å². The molecule has 28 heavy (non-hydrogen) atoms. The molecule has 0 atom stereocenters. The van der Waals surface area contributed by atoms with E-state index >= 15 is 0 Å². The molecule has 2 N–H and O–H groups in total. The van der Waals surface area contributed by atoms with Crippen LogP contribution in [0.25, 0.3) is 11.1 Å². The maximum absolute atomic E-state index is 14.2. The SMILES string of the molecule is CCc1c(F)cccc1-c1cc(C(C)(C)C(=O)NS(=O)(=O)C(C)C)ccc1O. The molecule has 0 aromatic heterocycles. The van der Waals surface area contributed by atoms with Crippen molar-refractivity contribution < 1.29 is 22.7 Å². The summed E-state index contributed by atoms with van der Waals surface area (Å²) in [7, 11) is -3.77. The first-order valence-electron chi connectivity index (χ1n) is 9.09. The molecule has 152 valence electrons. The molecule has 0 unspecified atom stereocenters. The molecule has 0 fully saturated rings. The number of phenolic OH excluding ortho intramolecular Hbond substituents is 1. The summed E-state index contributed by atoms with van der Waals surface area (Å²) < 4.78 is 40.4. The van der Waals surface area contributed by atoms with Crippen LogP contribution in [-0.4, -0.2) is 24.7 Å². The highest BCUT2D eigenvalue weighted by Gasteiger charge is 2.34. The van der Waals surface area contributed by atoms with E-state index in [1.54, 1.807) is 38.1 Å². The number of sulfonamides is 1. The molecule has 2 rings (SSSR count). The molecule has 7 heteroatoms. The van der Waals surface area contributed by atoms with E-state index < -0.39 is 26.6 Å². The molecule has 0 aliphatic carbocycles. The number of carbonyl (C=O) groups excluding carboxylic acids is 1. The van der Waals surface area contributed by atoms with Gasteiger partial charge in [-0.2, -0.15) is 0 Å². The minimum absolute atomic E-state index is 0.0462. The third kappa shape index (κ3) is 4.19. The summed E-state index contributed by atoms with van der Waals surface area (Å²) in [6.45, 7) is 7.98. The number of nitrogens with one attached hydrogen (secondary N) is 1. The van der Waals surface area contributed by atoms with E-state index in [9.17, 15) is 22.7 Å². The summed E-state index contributed by atoms with van der Waals surface area (Å²) >= 11 is 0. The van der Waals surface area contributed by atoms with Gasteiger partial charge >= 0.3 is 0 Å². The molecule has 0 radical (unpaired) electrons. The summed E-state index contributed by atoms with van der Waals surface area (Å²) in [5.74, 6) is -1.09. The molecular weight excluding hydrogens is 381 g/mol. The van der Waals surface area contributed by atoms with Crippen LogP contribution in [0.1, 0.15) is 45.7 Å². The second kappa shape index (κ2) is 7.91. The van der Waals surface area contributed by atoms with Crippen LogP contribution in [0.3, 0.4) is 0 Å². The van der Waals surface area contributed by atoms with Crippen molar-refractivity contribution in [2.24, 2.45) is 0 Å². The number of carbonyl (C=O) groups is 1. The standard InChI is InChI=1S/C21H26FNO4S/c1-6-15-16(8-7-9-18(15)22)17-12-14(10-11-19(17)24)21(4,5)20(25)23-28(26,27)13(2)3/h7-13,24H,6H2,1-5H3,(H,23,25). The van der Waals surface area contributed by atoms with Gasteiger partial charge in [0.1, 0.15) is 11.6 Å². The smallest absolute Gasteiger partial charge is 0.243 e. The zero-order valence-corrected chi connectivity index (χ0v) is 17.5. The monoisotopic (exact) mass is 407 g/mol. The van der Waals surface area contributed by atoms with E-state index in [2.05, 4.69) is 4.72 Å². The van der Waals surface area contributed by atoms with Crippen molar-refractivity contribution in [3.63, 3.8) is 0 Å². The fraction of sp³-hybridized carbons (Fsp3) is 0.381. The summed E-state index contributed by atoms with van der Waals surface area (Å²) in [6.07, 6.45) is 0.433. The van der Waals surface area contributed by atoms with Gasteiger partial charge in [-0.3, -0.25) is 9.52 Å². The Balaban J connectivity index is 2.53. The fourth-order valence-electron chi connectivity index (χ4n) is 2.82. The van der Waals surface area contributed by atoms with E-state index in [0.717, 1.165) is 0 Å². The Labute approximate surface area is 165 Å². The summed E-state index contributed by atoms with van der Waals surface area (Å²) in [6, 6.07) is 9.22. The highest BCUT2D eigenvalue weighted by molar-refractivity contribution is 7.90. The molecule has 0 spiro atoms. The van der Waals surface area contributed by atoms with Crippen molar-refractivity contribution >= 4 is 15.9 Å². The third-order valence-electron chi connectivity index (χ3n) is 4.90. The van der Waals surface area contributed by atoms with Crippen LogP contribution in [0.15, 0.2) is 36.4 Å². The first-order valence-corrected chi connectivity index (χ1v) is 10.6. The average Bonchev–Trinajstić information content (AvgIpc) is 2.61. The van der Waals surface area contributed by atoms with Gasteiger partial charge in [-0.05, 0) is 69.0 Å². The molecule has 1 amide bonds. The van der Waals surface area contributed by atoms with Crippen LogP contribution in [0.4, 0.5) is 4.39 Å². The zero-order chi connectivity index (χ0) is 21.3. The van der Waals surface area contributed by atoms with Crippen molar-refractivity contribution in [3.05, 3.63) is 53.3 Å². The van der Waals surface area contributed by atoms with Crippen LogP contribution in [0.5, 0.6) is 5.75 Å². The third-order valence-corrected chi connectivity index (χ3v) is 6.62. The molecule has 0 aliphatic heterocycles. The quantitative estimate of drug-likeness (QED) is 0.761. The predicted molar refractivity (Wildman–Crippen MR) is 108 cm³/mol. The zero-order valence-electron chi connectivity index (χ0n) is 16.7. The van der Waals surface area contributed by atoms with Gasteiger partial charge < -0.3 is 5.11 Å². The highest BCUT2D eigenvalue weighted by Crippen LogP contribution is 2.37. The number of halogens is 1. The second-order valence-corrected chi connectivity index (χ2v) is 9.74. The van der Waals surface area contributed by atoms with E-state index in [-0.39, 0.29) is 11.6 Å². The first-order chi connectivity index (χ1) is 12.9. The molecule has 2 aromatic carbocycles. The Kier molecular flexibility index (Phi) is 6.18. The molecular formula is C21H26FNO4S. The largest absolute Gasteiger partial charge is 0.507 e. The molecule has 0 heterocycles. The number of amides is 1. The number of benzene rings is 2. The maximum atomic E-state index is 14.2. The van der Waals surface area contributed by atoms with Crippen molar-refractivity contribution in [3.8, 4) is 16.9 Å². The number of rotatable bonds is 6. The van der Waals surface area contributed by atoms with Gasteiger partial charge in [0.05, 0.1) is 10.7 Å². The Bertz CT molecular complexity index is 997. The van der Waals surface area contributed by atoms with Crippen molar-refractivity contribution in [2.75, 3.05) is 0 Å². The fourth-order valence-corrected chi connectivity index (χ4v) is 3.57. The predicted octanol–water partition coefficient (Wildman–Crippen LogP) is 3.89. The summed E-state index contributed by atoms with van der Waals surface area (Å²) in [4.78, 5) is 12.7. The van der Waals surface area contributed by atoms with E-state index in [0.29, 0.717) is 28.7 Å². The lowest BCUT2D eigenvalue weighted by atomic mass is 9.82. The number of aromatic hydroxyl groups is 1. The molecule has 2 aromatic rings. The average molecular weight is 408 g/mol. The number of hydrogen-bond acceptors (Lipinski definition) is 4. The number of phenols is 1. The van der Waals surface area contributed by atoms with Gasteiger partial charge in [-0.25, -0.2) is 12.8 Å². The second-order valence-electron chi connectivity index (χ2n) is 7.50. The molecule has 0 saturated heterocycles. The maximum Gasteiger partial charge on any atom is 0.243 e. The van der Waals surface area contributed by atoms with Crippen molar-refractivity contribution in [2.45, 2.75) is 51.7 Å². The Morgan fingerprint density at radius 2 is 1.82 bits per heavy atom. The van der Waals surface area contributed by atoms with Crippen molar-refractivity contribution in [1.82, 2.24) is 4.72 Å². The highest BCUT2D eigenvalue weighted by atomic mass is 32.2. The van der Waals surface area contributed by atoms with Gasteiger partial charge in [-0.15, -0.1) is 0 Å². The molecule has 0 bridgehead atoms. The van der Waals surface area contributed by atoms with Gasteiger partial charge in [0.2, 0.25) is 15.9 Å². The Morgan fingerprint density at radius 3 is 2.39 bits per heavy atom. The van der Waals surface area contributed by atoms with E-state index in [1.807, 2.05) is 6.92 Å². The van der Waals surface area contributed by atoms with Gasteiger partial charge in [0.15, 0.2) is 0 Å². The summed E-state index contributed by atoms with van der Waals surface area (Å²) in [5, 5.41) is 9.60. The van der Waals surface area contributed by atoms with Crippen LogP contribution in [-0.2, 0) is 26.7 Å². The molecule has 0 saturated carbocycles. The minimum atomic E-state index is -3.77. The van der Waals surface area contributed by atoms with Gasteiger partial charge in [0.25, 0.3) is 0 Å². The van der Waals surface area contributed by atoms with Crippen LogP contribution in [0.2, 0.25) is 0 Å². The lowest BCUT2D eigenvalue weighted by Crippen LogP contribution is -2.45. The molecule has 5 nitrogen and oxygen atoms in total. The lowest BCUT2D eigenvalue weighted by Gasteiger charge is -2.25. The Hall–Kier alpha value is -2.41. The number of hydrogen-bond donors (Lipinski definition) is 2. The lowest BCUT2D eigenvalue weighted by molar-refractivity contribution is -0.123. The normalized spacial score (nSPS) is 12.2. The van der Waals surface area contributed by atoms with E-state index in [1.165, 1.54) is 26.0 Å². The van der Waals surface area contributed by atoms with Gasteiger partial charge in [-0.1, -0.05) is 25.1 Å². The van der Waals surface area contributed by atoms with Crippen LogP contribution >= 0.6 is 0 Å². The van der Waals surface area contributed by atoms with Gasteiger partial charge in [0, 0.05) is 5.56 Å². The van der Waals surface area contributed by atoms with E-state index in [4.69, 9.17) is 0 Å². The summed E-state index contributed by atoms with van der Waals surface area (Å²) in [5.41, 5.74) is 0.696. The molecule has 0 aliphatic rings.